The van der Waals surface area contributed by atoms with Crippen molar-refractivity contribution < 1.29 is 4.74 Å². The number of nitrogens with zero attached hydrogens (tertiary/aromatic N) is 2. The Morgan fingerprint density at radius 3 is 2.65 bits per heavy atom. The number of rotatable bonds is 4. The van der Waals surface area contributed by atoms with Crippen LogP contribution in [0.4, 0.5) is 5.82 Å². The van der Waals surface area contributed by atoms with Crippen molar-refractivity contribution in [3.05, 3.63) is 39.6 Å². The number of aromatic nitrogens is 2. The van der Waals surface area contributed by atoms with Gasteiger partial charge < -0.3 is 10.1 Å². The molecule has 0 fully saturated rings. The van der Waals surface area contributed by atoms with Crippen LogP contribution in [0.2, 0.25) is 10.0 Å². The second-order valence-corrected chi connectivity index (χ2v) is 5.10. The molecular weight excluding hydrogens is 297 g/mol. The van der Waals surface area contributed by atoms with Gasteiger partial charge in [-0.3, -0.25) is 0 Å². The Balaban J connectivity index is 2.40. The molecule has 0 saturated heterocycles. The van der Waals surface area contributed by atoms with Gasteiger partial charge in [0.15, 0.2) is 0 Å². The van der Waals surface area contributed by atoms with Crippen molar-refractivity contribution in [2.75, 3.05) is 11.9 Å². The van der Waals surface area contributed by atoms with Gasteiger partial charge in [-0.15, -0.1) is 0 Å². The third kappa shape index (κ3) is 3.32. The maximum Gasteiger partial charge on any atom is 0.227 e. The number of nitrogens with one attached hydrogen (secondary N) is 1. The highest BCUT2D eigenvalue weighted by molar-refractivity contribution is 6.34. The molecule has 20 heavy (non-hydrogen) atoms. The summed E-state index contributed by atoms with van der Waals surface area (Å²) < 4.78 is 5.78. The Hall–Kier alpha value is -1.52. The number of ether oxygens (including phenoxy) is 1. The van der Waals surface area contributed by atoms with Gasteiger partial charge in [0.05, 0.1) is 10.6 Å². The first-order chi connectivity index (χ1) is 9.51. The van der Waals surface area contributed by atoms with Crippen molar-refractivity contribution in [2.45, 2.75) is 20.8 Å². The standard InChI is InChI=1S/C14H15Cl2N3O/c1-4-17-13-8(2)14(19-9(3)18-13)20-12-7-10(15)5-6-11(12)16/h5-7H,4H2,1-3H3,(H,17,18,19). The quantitative estimate of drug-likeness (QED) is 0.894. The van der Waals surface area contributed by atoms with E-state index in [1.165, 1.54) is 0 Å². The van der Waals surface area contributed by atoms with Crippen LogP contribution in [-0.4, -0.2) is 16.5 Å². The highest BCUT2D eigenvalue weighted by atomic mass is 35.5. The van der Waals surface area contributed by atoms with Crippen molar-refractivity contribution >= 4 is 29.0 Å². The summed E-state index contributed by atoms with van der Waals surface area (Å²) in [5.74, 6) is 2.33. The first kappa shape index (κ1) is 14.9. The average Bonchev–Trinajstić information content (AvgIpc) is 2.39. The largest absolute Gasteiger partial charge is 0.437 e. The van der Waals surface area contributed by atoms with Crippen LogP contribution in [-0.2, 0) is 0 Å². The van der Waals surface area contributed by atoms with E-state index in [1.54, 1.807) is 18.2 Å². The third-order valence-corrected chi connectivity index (χ3v) is 3.20. The van der Waals surface area contributed by atoms with Gasteiger partial charge in [0.2, 0.25) is 5.88 Å². The van der Waals surface area contributed by atoms with Gasteiger partial charge in [-0.1, -0.05) is 23.2 Å². The van der Waals surface area contributed by atoms with E-state index in [9.17, 15) is 0 Å². The molecule has 0 amide bonds. The van der Waals surface area contributed by atoms with Crippen molar-refractivity contribution in [1.29, 1.82) is 0 Å². The van der Waals surface area contributed by atoms with Gasteiger partial charge in [0, 0.05) is 17.6 Å². The number of anilines is 1. The molecule has 0 unspecified atom stereocenters. The molecule has 106 valence electrons. The summed E-state index contributed by atoms with van der Waals surface area (Å²) in [7, 11) is 0. The van der Waals surface area contributed by atoms with Gasteiger partial charge in [0.25, 0.3) is 0 Å². The van der Waals surface area contributed by atoms with E-state index < -0.39 is 0 Å². The van der Waals surface area contributed by atoms with Crippen LogP contribution in [0.3, 0.4) is 0 Å². The summed E-state index contributed by atoms with van der Waals surface area (Å²) in [6.07, 6.45) is 0. The van der Waals surface area contributed by atoms with Gasteiger partial charge >= 0.3 is 0 Å². The van der Waals surface area contributed by atoms with E-state index >= 15 is 0 Å². The Morgan fingerprint density at radius 2 is 1.95 bits per heavy atom. The number of hydrogen-bond donors (Lipinski definition) is 1. The predicted octanol–water partition coefficient (Wildman–Crippen LogP) is 4.62. The van der Waals surface area contributed by atoms with Gasteiger partial charge in [-0.25, -0.2) is 4.98 Å². The Kier molecular flexibility index (Phi) is 4.68. The van der Waals surface area contributed by atoms with Crippen molar-refractivity contribution in [3.63, 3.8) is 0 Å². The Labute approximate surface area is 128 Å². The zero-order valence-electron chi connectivity index (χ0n) is 11.5. The van der Waals surface area contributed by atoms with Crippen LogP contribution in [0.1, 0.15) is 18.3 Å². The lowest BCUT2D eigenvalue weighted by molar-refractivity contribution is 0.456. The zero-order valence-corrected chi connectivity index (χ0v) is 13.0. The number of hydrogen-bond acceptors (Lipinski definition) is 4. The third-order valence-electron chi connectivity index (χ3n) is 2.66. The minimum atomic E-state index is 0.470. The van der Waals surface area contributed by atoms with E-state index in [0.717, 1.165) is 17.9 Å². The van der Waals surface area contributed by atoms with Gasteiger partial charge in [-0.05, 0) is 32.9 Å². The zero-order chi connectivity index (χ0) is 14.7. The lowest BCUT2D eigenvalue weighted by Gasteiger charge is -2.13. The maximum atomic E-state index is 6.10. The molecule has 1 aromatic heterocycles. The van der Waals surface area contributed by atoms with Crippen LogP contribution in [0, 0.1) is 13.8 Å². The molecule has 0 bridgehead atoms. The van der Waals surface area contributed by atoms with Crippen LogP contribution in [0.15, 0.2) is 18.2 Å². The minimum Gasteiger partial charge on any atom is -0.437 e. The molecule has 1 heterocycles. The van der Waals surface area contributed by atoms with E-state index in [1.807, 2.05) is 20.8 Å². The SMILES string of the molecule is CCNc1nc(C)nc(Oc2cc(Cl)ccc2Cl)c1C. The van der Waals surface area contributed by atoms with Crippen LogP contribution in [0.5, 0.6) is 11.6 Å². The van der Waals surface area contributed by atoms with Crippen LogP contribution in [0.25, 0.3) is 0 Å². The topological polar surface area (TPSA) is 47.0 Å². The molecule has 0 aliphatic carbocycles. The van der Waals surface area contributed by atoms with Crippen LogP contribution < -0.4 is 10.1 Å². The lowest BCUT2D eigenvalue weighted by Crippen LogP contribution is -2.06. The molecule has 0 atom stereocenters. The summed E-state index contributed by atoms with van der Waals surface area (Å²) in [6.45, 7) is 6.48. The molecule has 0 aliphatic rings. The fraction of sp³-hybridized carbons (Fsp3) is 0.286. The fourth-order valence-electron chi connectivity index (χ4n) is 1.70. The first-order valence-electron chi connectivity index (χ1n) is 6.23. The molecule has 2 rings (SSSR count). The monoisotopic (exact) mass is 311 g/mol. The maximum absolute atomic E-state index is 6.10. The highest BCUT2D eigenvalue weighted by Gasteiger charge is 2.12. The second kappa shape index (κ2) is 6.29. The Bertz CT molecular complexity index is 632. The highest BCUT2D eigenvalue weighted by Crippen LogP contribution is 2.33. The molecule has 0 saturated carbocycles. The van der Waals surface area contributed by atoms with E-state index in [2.05, 4.69) is 15.3 Å². The van der Waals surface area contributed by atoms with Crippen LogP contribution >= 0.6 is 23.2 Å². The first-order valence-corrected chi connectivity index (χ1v) is 6.99. The lowest BCUT2D eigenvalue weighted by atomic mass is 10.3. The molecular formula is C14H15Cl2N3O. The summed E-state index contributed by atoms with van der Waals surface area (Å²) in [5, 5.41) is 4.22. The Morgan fingerprint density at radius 1 is 1.20 bits per heavy atom. The van der Waals surface area contributed by atoms with Crippen molar-refractivity contribution in [3.8, 4) is 11.6 Å². The summed E-state index contributed by atoms with van der Waals surface area (Å²) in [4.78, 5) is 8.65. The second-order valence-electron chi connectivity index (χ2n) is 4.26. The normalized spacial score (nSPS) is 10.4. The smallest absolute Gasteiger partial charge is 0.227 e. The van der Waals surface area contributed by atoms with Crippen molar-refractivity contribution in [1.82, 2.24) is 9.97 Å². The molecule has 1 N–H and O–H groups in total. The minimum absolute atomic E-state index is 0.470. The summed E-state index contributed by atoms with van der Waals surface area (Å²) >= 11 is 12.0. The van der Waals surface area contributed by atoms with E-state index in [-0.39, 0.29) is 0 Å². The number of aryl methyl sites for hydroxylation is 1. The van der Waals surface area contributed by atoms with E-state index in [4.69, 9.17) is 27.9 Å². The predicted molar refractivity (Wildman–Crippen MR) is 82.2 cm³/mol. The number of benzene rings is 1. The molecule has 1 aromatic carbocycles. The molecule has 0 radical (unpaired) electrons. The molecule has 4 nitrogen and oxygen atoms in total. The summed E-state index contributed by atoms with van der Waals surface area (Å²) in [5.41, 5.74) is 0.827. The van der Waals surface area contributed by atoms with Gasteiger partial charge in [0.1, 0.15) is 17.4 Å². The van der Waals surface area contributed by atoms with E-state index in [0.29, 0.717) is 27.5 Å². The molecule has 6 heteroatoms. The van der Waals surface area contributed by atoms with Crippen molar-refractivity contribution in [2.24, 2.45) is 0 Å². The summed E-state index contributed by atoms with van der Waals surface area (Å²) in [6, 6.07) is 5.06. The molecule has 2 aromatic rings. The van der Waals surface area contributed by atoms with Gasteiger partial charge in [-0.2, -0.15) is 4.98 Å². The fourth-order valence-corrected chi connectivity index (χ4v) is 2.02. The average molecular weight is 312 g/mol. The molecule has 0 spiro atoms. The number of halogens is 2. The molecule has 0 aliphatic heterocycles.